The fraction of sp³-hybridized carbons (Fsp3) is 0. The van der Waals surface area contributed by atoms with E-state index in [0.29, 0.717) is 5.56 Å². The van der Waals surface area contributed by atoms with Gasteiger partial charge in [0.1, 0.15) is 0 Å². The summed E-state index contributed by atoms with van der Waals surface area (Å²) in [6.07, 6.45) is 1.74. The first kappa shape index (κ1) is 13.6. The average Bonchev–Trinajstić information content (AvgIpc) is 2.55. The van der Waals surface area contributed by atoms with Crippen molar-refractivity contribution in [2.24, 2.45) is 0 Å². The number of amides is 1. The van der Waals surface area contributed by atoms with Crippen LogP contribution in [0.4, 0.5) is 0 Å². The van der Waals surface area contributed by atoms with Crippen LogP contribution in [0, 0.1) is 0 Å². The van der Waals surface area contributed by atoms with Gasteiger partial charge in [-0.3, -0.25) is 15.2 Å². The molecule has 0 saturated heterocycles. The second kappa shape index (κ2) is 6.39. The minimum atomic E-state index is -0.177. The van der Waals surface area contributed by atoms with Crippen LogP contribution in [-0.4, -0.2) is 10.9 Å². The topological polar surface area (TPSA) is 54.0 Å². The van der Waals surface area contributed by atoms with Crippen molar-refractivity contribution >= 4 is 28.8 Å². The molecule has 21 heavy (non-hydrogen) atoms. The van der Waals surface area contributed by atoms with Crippen molar-refractivity contribution in [2.45, 2.75) is 4.90 Å². The Bertz CT molecular complexity index is 762. The molecule has 0 spiro atoms. The van der Waals surface area contributed by atoms with Crippen LogP contribution < -0.4 is 10.3 Å². The third-order valence-corrected chi connectivity index (χ3v) is 3.65. The summed E-state index contributed by atoms with van der Waals surface area (Å²) >= 11 is 1.35. The Morgan fingerprint density at radius 2 is 1.86 bits per heavy atom. The Morgan fingerprint density at radius 3 is 2.71 bits per heavy atom. The second-order valence-corrected chi connectivity index (χ2v) is 5.26. The van der Waals surface area contributed by atoms with Crippen molar-refractivity contribution in [2.75, 3.05) is 0 Å². The fourth-order valence-corrected chi connectivity index (χ4v) is 2.46. The van der Waals surface area contributed by atoms with Gasteiger partial charge < -0.3 is 0 Å². The van der Waals surface area contributed by atoms with Gasteiger partial charge in [0.15, 0.2) is 0 Å². The highest BCUT2D eigenvalue weighted by molar-refractivity contribution is 7.97. The molecule has 0 aliphatic heterocycles. The third kappa shape index (κ3) is 3.39. The maximum absolute atomic E-state index is 12.1. The first-order valence-corrected chi connectivity index (χ1v) is 7.26. The van der Waals surface area contributed by atoms with E-state index in [1.54, 1.807) is 12.3 Å². The Labute approximate surface area is 126 Å². The lowest BCUT2D eigenvalue weighted by Gasteiger charge is -2.07. The highest BCUT2D eigenvalue weighted by atomic mass is 32.2. The standard InChI is InChI=1S/C16H13N3OS/c20-16(18-19-21-14-6-2-1-3-7-14)13-8-9-15-12(11-13)5-4-10-17-15/h1-11,19H,(H,18,20). The average molecular weight is 295 g/mol. The largest absolute Gasteiger partial charge is 0.277 e. The van der Waals surface area contributed by atoms with Crippen LogP contribution in [0.5, 0.6) is 0 Å². The highest BCUT2D eigenvalue weighted by Crippen LogP contribution is 2.14. The van der Waals surface area contributed by atoms with Gasteiger partial charge in [-0.1, -0.05) is 24.3 Å². The summed E-state index contributed by atoms with van der Waals surface area (Å²) in [5, 5.41) is 0.945. The lowest BCUT2D eigenvalue weighted by atomic mass is 10.1. The summed E-state index contributed by atoms with van der Waals surface area (Å²) in [4.78, 5) is 20.2. The van der Waals surface area contributed by atoms with E-state index in [1.165, 1.54) is 11.9 Å². The number of nitrogens with zero attached hydrogens (tertiary/aromatic N) is 1. The van der Waals surface area contributed by atoms with Crippen molar-refractivity contribution in [1.29, 1.82) is 0 Å². The fourth-order valence-electron chi connectivity index (χ4n) is 1.91. The first-order chi connectivity index (χ1) is 10.3. The van der Waals surface area contributed by atoms with Gasteiger partial charge in [-0.15, -0.1) is 0 Å². The molecule has 5 heteroatoms. The third-order valence-electron chi connectivity index (χ3n) is 2.94. The summed E-state index contributed by atoms with van der Waals surface area (Å²) in [7, 11) is 0. The Morgan fingerprint density at radius 1 is 1.00 bits per heavy atom. The summed E-state index contributed by atoms with van der Waals surface area (Å²) in [5.74, 6) is -0.177. The van der Waals surface area contributed by atoms with E-state index in [-0.39, 0.29) is 5.91 Å². The summed E-state index contributed by atoms with van der Waals surface area (Å²) in [5.41, 5.74) is 4.14. The highest BCUT2D eigenvalue weighted by Gasteiger charge is 2.06. The number of aromatic nitrogens is 1. The molecule has 1 amide bonds. The van der Waals surface area contributed by atoms with Crippen LogP contribution in [0.3, 0.4) is 0 Å². The predicted octanol–water partition coefficient (Wildman–Crippen LogP) is 3.18. The lowest BCUT2D eigenvalue weighted by molar-refractivity contribution is 0.0947. The molecule has 0 aliphatic rings. The van der Waals surface area contributed by atoms with Crippen molar-refractivity contribution in [3.05, 3.63) is 72.4 Å². The molecule has 0 aliphatic carbocycles. The molecule has 104 valence electrons. The maximum atomic E-state index is 12.1. The summed E-state index contributed by atoms with van der Waals surface area (Å²) in [6, 6.07) is 19.0. The Balaban J connectivity index is 1.64. The van der Waals surface area contributed by atoms with Gasteiger partial charge in [0, 0.05) is 22.0 Å². The zero-order chi connectivity index (χ0) is 14.5. The van der Waals surface area contributed by atoms with Crippen LogP contribution in [0.2, 0.25) is 0 Å². The van der Waals surface area contributed by atoms with Gasteiger partial charge in [0.2, 0.25) is 0 Å². The molecule has 2 aromatic carbocycles. The molecular formula is C16H13N3OS. The van der Waals surface area contributed by atoms with Gasteiger partial charge in [-0.05, 0) is 48.3 Å². The van der Waals surface area contributed by atoms with Crippen molar-refractivity contribution in [1.82, 2.24) is 15.2 Å². The van der Waals surface area contributed by atoms with Gasteiger partial charge >= 0.3 is 0 Å². The molecule has 0 bridgehead atoms. The molecule has 3 aromatic rings. The lowest BCUT2D eigenvalue weighted by Crippen LogP contribution is -2.32. The number of carbonyl (C=O) groups is 1. The summed E-state index contributed by atoms with van der Waals surface area (Å²) < 4.78 is 0. The zero-order valence-electron chi connectivity index (χ0n) is 11.1. The van der Waals surface area contributed by atoms with Gasteiger partial charge in [-0.2, -0.15) is 4.83 Å². The molecule has 0 atom stereocenters. The van der Waals surface area contributed by atoms with E-state index in [4.69, 9.17) is 0 Å². The first-order valence-electron chi connectivity index (χ1n) is 6.45. The van der Waals surface area contributed by atoms with E-state index in [2.05, 4.69) is 15.2 Å². The molecular weight excluding hydrogens is 282 g/mol. The molecule has 0 radical (unpaired) electrons. The quantitative estimate of drug-likeness (QED) is 0.573. The minimum absolute atomic E-state index is 0.177. The van der Waals surface area contributed by atoms with E-state index in [0.717, 1.165) is 15.8 Å². The van der Waals surface area contributed by atoms with E-state index in [1.807, 2.05) is 54.6 Å². The second-order valence-electron chi connectivity index (χ2n) is 4.38. The SMILES string of the molecule is O=C(NNSc1ccccc1)c1ccc2ncccc2c1. The number of hydrogen-bond acceptors (Lipinski definition) is 4. The van der Waals surface area contributed by atoms with Gasteiger partial charge in [0.25, 0.3) is 5.91 Å². The number of fused-ring (bicyclic) bond motifs is 1. The van der Waals surface area contributed by atoms with E-state index in [9.17, 15) is 4.79 Å². The van der Waals surface area contributed by atoms with E-state index < -0.39 is 0 Å². The van der Waals surface area contributed by atoms with Gasteiger partial charge in [0.05, 0.1) is 5.52 Å². The van der Waals surface area contributed by atoms with Crippen molar-refractivity contribution < 1.29 is 4.79 Å². The van der Waals surface area contributed by atoms with Crippen LogP contribution in [0.25, 0.3) is 10.9 Å². The van der Waals surface area contributed by atoms with Crippen LogP contribution in [0.1, 0.15) is 10.4 Å². The zero-order valence-corrected chi connectivity index (χ0v) is 11.9. The molecule has 2 N–H and O–H groups in total. The predicted molar refractivity (Wildman–Crippen MR) is 84.6 cm³/mol. The number of benzene rings is 2. The molecule has 3 rings (SSSR count). The number of hydrogen-bond donors (Lipinski definition) is 2. The van der Waals surface area contributed by atoms with Crippen LogP contribution in [-0.2, 0) is 0 Å². The normalized spacial score (nSPS) is 10.5. The number of pyridine rings is 1. The number of rotatable bonds is 4. The molecule has 1 aromatic heterocycles. The van der Waals surface area contributed by atoms with E-state index >= 15 is 0 Å². The van der Waals surface area contributed by atoms with Crippen molar-refractivity contribution in [3.8, 4) is 0 Å². The monoisotopic (exact) mass is 295 g/mol. The van der Waals surface area contributed by atoms with Crippen LogP contribution >= 0.6 is 11.9 Å². The number of nitrogens with one attached hydrogen (secondary N) is 2. The number of hydrazine groups is 1. The van der Waals surface area contributed by atoms with Crippen molar-refractivity contribution in [3.63, 3.8) is 0 Å². The Hall–Kier alpha value is -2.37. The minimum Gasteiger partial charge on any atom is -0.277 e. The molecule has 0 unspecified atom stereocenters. The Kier molecular flexibility index (Phi) is 4.14. The molecule has 0 saturated carbocycles. The molecule has 1 heterocycles. The molecule has 0 fully saturated rings. The maximum Gasteiger partial charge on any atom is 0.266 e. The van der Waals surface area contributed by atoms with Crippen LogP contribution in [0.15, 0.2) is 71.8 Å². The molecule has 4 nitrogen and oxygen atoms in total. The smallest absolute Gasteiger partial charge is 0.266 e. The van der Waals surface area contributed by atoms with Gasteiger partial charge in [-0.25, -0.2) is 0 Å². The summed E-state index contributed by atoms with van der Waals surface area (Å²) in [6.45, 7) is 0. The number of carbonyl (C=O) groups excluding carboxylic acids is 1.